The van der Waals surface area contributed by atoms with Crippen LogP contribution in [0.4, 0.5) is 11.5 Å². The van der Waals surface area contributed by atoms with Gasteiger partial charge >= 0.3 is 0 Å². The SMILES string of the molecule is CCc1cc(C#N)c(Nc2ccccc2)nc1CC. The van der Waals surface area contributed by atoms with Gasteiger partial charge in [-0.3, -0.25) is 0 Å². The maximum absolute atomic E-state index is 9.25. The van der Waals surface area contributed by atoms with E-state index < -0.39 is 0 Å². The molecule has 0 radical (unpaired) electrons. The van der Waals surface area contributed by atoms with Crippen molar-refractivity contribution in [2.24, 2.45) is 0 Å². The maximum Gasteiger partial charge on any atom is 0.148 e. The average Bonchev–Trinajstić information content (AvgIpc) is 2.47. The van der Waals surface area contributed by atoms with Crippen LogP contribution in [0.25, 0.3) is 0 Å². The molecule has 0 spiro atoms. The molecule has 96 valence electrons. The Balaban J connectivity index is 2.42. The highest BCUT2D eigenvalue weighted by molar-refractivity contribution is 5.63. The fourth-order valence-corrected chi connectivity index (χ4v) is 2.04. The minimum atomic E-state index is 0.595. The summed E-state index contributed by atoms with van der Waals surface area (Å²) >= 11 is 0. The molecule has 19 heavy (non-hydrogen) atoms. The van der Waals surface area contributed by atoms with E-state index in [4.69, 9.17) is 0 Å². The van der Waals surface area contributed by atoms with Crippen molar-refractivity contribution in [3.8, 4) is 6.07 Å². The van der Waals surface area contributed by atoms with Gasteiger partial charge in [-0.15, -0.1) is 0 Å². The number of rotatable bonds is 4. The molecule has 0 aliphatic rings. The van der Waals surface area contributed by atoms with Crippen LogP contribution < -0.4 is 5.32 Å². The van der Waals surface area contributed by atoms with E-state index in [9.17, 15) is 5.26 Å². The van der Waals surface area contributed by atoms with Crippen molar-refractivity contribution in [2.45, 2.75) is 26.7 Å². The van der Waals surface area contributed by atoms with Crippen molar-refractivity contribution < 1.29 is 0 Å². The van der Waals surface area contributed by atoms with E-state index in [1.165, 1.54) is 0 Å². The third-order valence-corrected chi connectivity index (χ3v) is 3.06. The monoisotopic (exact) mass is 251 g/mol. The Hall–Kier alpha value is -2.34. The third-order valence-electron chi connectivity index (χ3n) is 3.06. The molecule has 3 nitrogen and oxygen atoms in total. The Morgan fingerprint density at radius 3 is 2.47 bits per heavy atom. The molecule has 0 saturated heterocycles. The van der Waals surface area contributed by atoms with Gasteiger partial charge in [-0.1, -0.05) is 32.0 Å². The Kier molecular flexibility index (Phi) is 4.15. The second-order valence-electron chi connectivity index (χ2n) is 4.30. The number of aromatic nitrogens is 1. The molecule has 2 rings (SSSR count). The van der Waals surface area contributed by atoms with E-state index >= 15 is 0 Å². The smallest absolute Gasteiger partial charge is 0.148 e. The number of hydrogen-bond donors (Lipinski definition) is 1. The zero-order valence-electron chi connectivity index (χ0n) is 11.3. The zero-order valence-corrected chi connectivity index (χ0v) is 11.3. The second-order valence-corrected chi connectivity index (χ2v) is 4.30. The fraction of sp³-hybridized carbons (Fsp3) is 0.250. The number of nitrogens with zero attached hydrogens (tertiary/aromatic N) is 2. The van der Waals surface area contributed by atoms with E-state index in [1.54, 1.807) is 0 Å². The zero-order chi connectivity index (χ0) is 13.7. The summed E-state index contributed by atoms with van der Waals surface area (Å²) < 4.78 is 0. The first-order valence-corrected chi connectivity index (χ1v) is 6.53. The number of aryl methyl sites for hydroxylation is 2. The normalized spacial score (nSPS) is 9.95. The largest absolute Gasteiger partial charge is 0.339 e. The fourth-order valence-electron chi connectivity index (χ4n) is 2.04. The van der Waals surface area contributed by atoms with E-state index in [2.05, 4.69) is 30.2 Å². The predicted octanol–water partition coefficient (Wildman–Crippen LogP) is 3.82. The first-order chi connectivity index (χ1) is 9.28. The highest BCUT2D eigenvalue weighted by Gasteiger charge is 2.09. The number of para-hydroxylation sites is 1. The van der Waals surface area contributed by atoms with Crippen LogP contribution in [0.2, 0.25) is 0 Å². The number of pyridine rings is 1. The maximum atomic E-state index is 9.25. The lowest BCUT2D eigenvalue weighted by Gasteiger charge is -2.12. The number of nitrogens with one attached hydrogen (secondary N) is 1. The molecule has 0 amide bonds. The lowest BCUT2D eigenvalue weighted by Crippen LogP contribution is -2.03. The Morgan fingerprint density at radius 2 is 1.89 bits per heavy atom. The second kappa shape index (κ2) is 6.01. The molecule has 1 heterocycles. The summed E-state index contributed by atoms with van der Waals surface area (Å²) in [4.78, 5) is 4.59. The van der Waals surface area contributed by atoms with Crippen molar-refractivity contribution >= 4 is 11.5 Å². The number of benzene rings is 1. The molecular formula is C16H17N3. The standard InChI is InChI=1S/C16H17N3/c1-3-12-10-13(11-17)16(19-15(12)4-2)18-14-8-6-5-7-9-14/h5-10H,3-4H2,1-2H3,(H,18,19). The number of anilines is 2. The number of nitriles is 1. The summed E-state index contributed by atoms with van der Waals surface area (Å²) in [6.07, 6.45) is 1.77. The molecule has 1 N–H and O–H groups in total. The van der Waals surface area contributed by atoms with Crippen LogP contribution in [0.3, 0.4) is 0 Å². The van der Waals surface area contributed by atoms with E-state index in [-0.39, 0.29) is 0 Å². The van der Waals surface area contributed by atoms with Crippen LogP contribution in [-0.2, 0) is 12.8 Å². The van der Waals surface area contributed by atoms with Crippen molar-refractivity contribution in [3.05, 3.63) is 53.2 Å². The van der Waals surface area contributed by atoms with Gasteiger partial charge in [0.15, 0.2) is 0 Å². The van der Waals surface area contributed by atoms with Gasteiger partial charge < -0.3 is 5.32 Å². The predicted molar refractivity (Wildman–Crippen MR) is 77.4 cm³/mol. The molecule has 1 aromatic carbocycles. The molecule has 0 unspecified atom stereocenters. The summed E-state index contributed by atoms with van der Waals surface area (Å²) in [6, 6.07) is 13.9. The molecule has 0 aliphatic heterocycles. The molecule has 3 heteroatoms. The van der Waals surface area contributed by atoms with Crippen LogP contribution in [0.1, 0.15) is 30.7 Å². The van der Waals surface area contributed by atoms with Gasteiger partial charge in [0.25, 0.3) is 0 Å². The lowest BCUT2D eigenvalue weighted by atomic mass is 10.1. The summed E-state index contributed by atoms with van der Waals surface area (Å²) in [5.41, 5.74) is 3.74. The van der Waals surface area contributed by atoms with E-state index in [0.29, 0.717) is 11.4 Å². The minimum absolute atomic E-state index is 0.595. The van der Waals surface area contributed by atoms with Gasteiger partial charge in [-0.05, 0) is 36.6 Å². The van der Waals surface area contributed by atoms with Crippen molar-refractivity contribution in [1.82, 2.24) is 4.98 Å². The van der Waals surface area contributed by atoms with Gasteiger partial charge in [0.05, 0.1) is 5.56 Å². The summed E-state index contributed by atoms with van der Waals surface area (Å²) in [7, 11) is 0. The first-order valence-electron chi connectivity index (χ1n) is 6.53. The van der Waals surface area contributed by atoms with Gasteiger partial charge in [0.1, 0.15) is 11.9 Å². The summed E-state index contributed by atoms with van der Waals surface area (Å²) in [5, 5.41) is 12.5. The Morgan fingerprint density at radius 1 is 1.16 bits per heavy atom. The minimum Gasteiger partial charge on any atom is -0.339 e. The Labute approximate surface area is 113 Å². The molecule has 0 aliphatic carbocycles. The van der Waals surface area contributed by atoms with Crippen LogP contribution in [0, 0.1) is 11.3 Å². The van der Waals surface area contributed by atoms with Gasteiger partial charge in [-0.25, -0.2) is 4.98 Å². The molecule has 0 bridgehead atoms. The highest BCUT2D eigenvalue weighted by atomic mass is 15.0. The van der Waals surface area contributed by atoms with Gasteiger partial charge in [0, 0.05) is 11.4 Å². The van der Waals surface area contributed by atoms with Crippen molar-refractivity contribution in [3.63, 3.8) is 0 Å². The van der Waals surface area contributed by atoms with E-state index in [1.807, 2.05) is 36.4 Å². The quantitative estimate of drug-likeness (QED) is 0.898. The molecule has 1 aromatic heterocycles. The van der Waals surface area contributed by atoms with Crippen LogP contribution in [0.5, 0.6) is 0 Å². The summed E-state index contributed by atoms with van der Waals surface area (Å²) in [6.45, 7) is 4.17. The molecule has 2 aromatic rings. The molecular weight excluding hydrogens is 234 g/mol. The molecule has 0 saturated carbocycles. The van der Waals surface area contributed by atoms with Crippen molar-refractivity contribution in [1.29, 1.82) is 5.26 Å². The topological polar surface area (TPSA) is 48.7 Å². The first kappa shape index (κ1) is 13.1. The third kappa shape index (κ3) is 2.92. The van der Waals surface area contributed by atoms with Gasteiger partial charge in [0.2, 0.25) is 0 Å². The number of hydrogen-bond acceptors (Lipinski definition) is 3. The van der Waals surface area contributed by atoms with Crippen LogP contribution >= 0.6 is 0 Å². The van der Waals surface area contributed by atoms with Crippen LogP contribution in [-0.4, -0.2) is 4.98 Å². The highest BCUT2D eigenvalue weighted by Crippen LogP contribution is 2.22. The van der Waals surface area contributed by atoms with Crippen molar-refractivity contribution in [2.75, 3.05) is 5.32 Å². The molecule has 0 fully saturated rings. The molecule has 0 atom stereocenters. The van der Waals surface area contributed by atoms with Gasteiger partial charge in [-0.2, -0.15) is 5.26 Å². The van der Waals surface area contributed by atoms with E-state index in [0.717, 1.165) is 29.8 Å². The average molecular weight is 251 g/mol. The van der Waals surface area contributed by atoms with Crippen LogP contribution in [0.15, 0.2) is 36.4 Å². The lowest BCUT2D eigenvalue weighted by molar-refractivity contribution is 0.964. The summed E-state index contributed by atoms with van der Waals surface area (Å²) in [5.74, 6) is 0.641. The Bertz CT molecular complexity index is 597.